The molecule has 0 heterocycles. The average Bonchev–Trinajstić information content (AvgIpc) is 2.00. The Bertz CT molecular complexity index is 232. The van der Waals surface area contributed by atoms with Gasteiger partial charge in [-0.05, 0) is 0 Å². The second-order valence-electron chi connectivity index (χ2n) is 2.27. The molecule has 6 heteroatoms. The molecule has 3 N–H and O–H groups in total. The van der Waals surface area contributed by atoms with Gasteiger partial charge in [0.25, 0.3) is 0 Å². The largest absolute Gasteiger partial charge is 0.544 e. The number of nitrogens with zero attached hydrogens (tertiary/aromatic N) is 2. The molecule has 0 aromatic heterocycles. The van der Waals surface area contributed by atoms with Gasteiger partial charge in [0.05, 0.1) is 5.97 Å². The number of hydrogen-bond donors (Lipinski definition) is 1. The highest BCUT2D eigenvalue weighted by atomic mass is 16.4. The minimum Gasteiger partial charge on any atom is -0.544 e. The smallest absolute Gasteiger partial charge is 0.323 e. The summed E-state index contributed by atoms with van der Waals surface area (Å²) in [7, 11) is 0. The van der Waals surface area contributed by atoms with Gasteiger partial charge in [0.15, 0.2) is 0 Å². The predicted molar refractivity (Wildman–Crippen MR) is 35.6 cm³/mol. The van der Waals surface area contributed by atoms with Crippen LogP contribution in [0.2, 0.25) is 0 Å². The molecule has 1 unspecified atom stereocenters. The second kappa shape index (κ2) is 5.17. The maximum absolute atomic E-state index is 10.6. The Morgan fingerprint density at radius 1 is 1.67 bits per heavy atom. The summed E-state index contributed by atoms with van der Waals surface area (Å²) in [5, 5.41) is 10.1. The van der Waals surface area contributed by atoms with Crippen LogP contribution in [0.1, 0.15) is 12.8 Å². The zero-order valence-corrected chi connectivity index (χ0v) is 6.40. The number of aliphatic carboxylic acids is 1. The minimum absolute atomic E-state index is 0.00773. The number of carbonyl (C=O) groups is 2. The third-order valence-electron chi connectivity index (χ3n) is 1.27. The number of carbonyl (C=O) groups excluding carboxylic acids is 2. The number of rotatable bonds is 5. The van der Waals surface area contributed by atoms with Crippen LogP contribution in [0.15, 0.2) is 0 Å². The highest BCUT2D eigenvalue weighted by Crippen LogP contribution is 1.91. The number of hydrogen-bond acceptors (Lipinski definition) is 3. The topological polar surface area (TPSA) is 121 Å². The predicted octanol–water partition coefficient (Wildman–Crippen LogP) is -3.00. The summed E-state index contributed by atoms with van der Waals surface area (Å²) in [6.07, 6.45) is 0.807. The van der Waals surface area contributed by atoms with Gasteiger partial charge >= 0.3 is 6.21 Å². The molecule has 6 nitrogen and oxygen atoms in total. The van der Waals surface area contributed by atoms with Crippen molar-refractivity contribution in [3.8, 4) is 0 Å². The van der Waals surface area contributed by atoms with Gasteiger partial charge in [0.1, 0.15) is 6.04 Å². The van der Waals surface area contributed by atoms with E-state index in [-0.39, 0.29) is 12.8 Å². The highest BCUT2D eigenvalue weighted by Gasteiger charge is 2.10. The second-order valence-corrected chi connectivity index (χ2v) is 2.27. The normalized spacial score (nSPS) is 11.4. The van der Waals surface area contributed by atoms with Crippen LogP contribution in [0.25, 0.3) is 5.53 Å². The van der Waals surface area contributed by atoms with Crippen molar-refractivity contribution in [2.75, 3.05) is 0 Å². The van der Waals surface area contributed by atoms with Crippen molar-refractivity contribution in [3.63, 3.8) is 0 Å². The minimum atomic E-state index is -1.29. The summed E-state index contributed by atoms with van der Waals surface area (Å²) in [5.41, 5.74) is 11.2. The molecule has 0 aliphatic carbocycles. The van der Waals surface area contributed by atoms with Gasteiger partial charge in [0, 0.05) is 12.8 Å². The summed E-state index contributed by atoms with van der Waals surface area (Å²) < 4.78 is 0. The molecule has 12 heavy (non-hydrogen) atoms. The van der Waals surface area contributed by atoms with E-state index in [9.17, 15) is 14.7 Å². The molecule has 0 aromatic carbocycles. The van der Waals surface area contributed by atoms with Crippen LogP contribution in [0, 0.1) is 0 Å². The fourth-order valence-corrected chi connectivity index (χ4v) is 0.563. The van der Waals surface area contributed by atoms with Gasteiger partial charge < -0.3 is 21.2 Å². The molecule has 0 saturated carbocycles. The molecule has 0 aliphatic heterocycles. The van der Waals surface area contributed by atoms with Gasteiger partial charge in [-0.2, -0.15) is 4.79 Å². The van der Waals surface area contributed by atoms with Gasteiger partial charge in [-0.3, -0.25) is 4.79 Å². The van der Waals surface area contributed by atoms with Gasteiger partial charge in [-0.25, -0.2) is 0 Å². The Kier molecular flexibility index (Phi) is 4.52. The van der Waals surface area contributed by atoms with Crippen LogP contribution >= 0.6 is 0 Å². The van der Waals surface area contributed by atoms with E-state index in [2.05, 4.69) is 10.5 Å². The Labute approximate surface area is 68.6 Å². The summed E-state index contributed by atoms with van der Waals surface area (Å²) in [6.45, 7) is 0. The van der Waals surface area contributed by atoms with Crippen molar-refractivity contribution in [3.05, 3.63) is 5.53 Å². The summed E-state index contributed by atoms with van der Waals surface area (Å²) in [5.74, 6) is -1.73. The molecule has 0 saturated heterocycles. The summed E-state index contributed by atoms with van der Waals surface area (Å²) in [4.78, 5) is 23.2. The van der Waals surface area contributed by atoms with E-state index in [0.29, 0.717) is 0 Å². The molecular formula is C6H9N3O3. The molecule has 0 radical (unpaired) electrons. The number of Topliss-reactive ketones (excluding diaryl/α,β-unsaturated/α-hetero) is 1. The molecule has 0 amide bonds. The Hall–Kier alpha value is -1.52. The molecule has 0 aliphatic rings. The number of carboxylic acid groups (broad SMARTS) is 1. The Balaban J connectivity index is 3.75. The maximum atomic E-state index is 10.6. The lowest BCUT2D eigenvalue weighted by atomic mass is 10.1. The maximum Gasteiger partial charge on any atom is 0.323 e. The van der Waals surface area contributed by atoms with Crippen LogP contribution in [0.4, 0.5) is 0 Å². The first-order chi connectivity index (χ1) is 5.57. The third-order valence-corrected chi connectivity index (χ3v) is 1.27. The summed E-state index contributed by atoms with van der Waals surface area (Å²) in [6, 6.07) is -0.902. The van der Waals surface area contributed by atoms with Gasteiger partial charge in [0.2, 0.25) is 5.78 Å². The lowest BCUT2D eigenvalue weighted by Crippen LogP contribution is -2.68. The van der Waals surface area contributed by atoms with E-state index in [4.69, 9.17) is 5.53 Å². The van der Waals surface area contributed by atoms with Crippen LogP contribution in [-0.2, 0) is 9.59 Å². The molecular weight excluding hydrogens is 162 g/mol. The molecule has 0 fully saturated rings. The van der Waals surface area contributed by atoms with E-state index >= 15 is 0 Å². The monoisotopic (exact) mass is 171 g/mol. The first-order valence-electron chi connectivity index (χ1n) is 3.32. The SMILES string of the molecule is [N-]=[N+]=CC(=O)CCC([NH3+])C(=O)[O-]. The fraction of sp³-hybridized carbons (Fsp3) is 0.500. The van der Waals surface area contributed by atoms with Gasteiger partial charge in [-0.1, -0.05) is 0 Å². The van der Waals surface area contributed by atoms with Crippen LogP contribution < -0.4 is 10.8 Å². The van der Waals surface area contributed by atoms with Crippen LogP contribution in [0.3, 0.4) is 0 Å². The third kappa shape index (κ3) is 4.32. The van der Waals surface area contributed by atoms with E-state index in [0.717, 1.165) is 6.21 Å². The summed E-state index contributed by atoms with van der Waals surface area (Å²) >= 11 is 0. The Morgan fingerprint density at radius 3 is 2.67 bits per heavy atom. The fourth-order valence-electron chi connectivity index (χ4n) is 0.563. The molecule has 0 bridgehead atoms. The van der Waals surface area contributed by atoms with Crippen molar-refractivity contribution >= 4 is 18.0 Å². The van der Waals surface area contributed by atoms with Crippen LogP contribution in [0.5, 0.6) is 0 Å². The van der Waals surface area contributed by atoms with E-state index in [1.807, 2.05) is 0 Å². The van der Waals surface area contributed by atoms with Crippen molar-refractivity contribution in [2.24, 2.45) is 0 Å². The van der Waals surface area contributed by atoms with Crippen molar-refractivity contribution in [1.29, 1.82) is 0 Å². The van der Waals surface area contributed by atoms with Crippen molar-refractivity contribution < 1.29 is 25.2 Å². The van der Waals surface area contributed by atoms with E-state index < -0.39 is 17.8 Å². The first kappa shape index (κ1) is 10.5. The molecule has 0 spiro atoms. The molecule has 1 atom stereocenters. The van der Waals surface area contributed by atoms with E-state index in [1.165, 1.54) is 0 Å². The number of carboxylic acids is 1. The quantitative estimate of drug-likeness (QED) is 0.269. The van der Waals surface area contributed by atoms with Crippen molar-refractivity contribution in [1.82, 2.24) is 0 Å². The van der Waals surface area contributed by atoms with E-state index in [1.54, 1.807) is 0 Å². The average molecular weight is 171 g/mol. The number of quaternary nitrogens is 1. The molecule has 0 rings (SSSR count). The number of ketones is 1. The lowest BCUT2D eigenvalue weighted by molar-refractivity contribution is -0.438. The highest BCUT2D eigenvalue weighted by molar-refractivity contribution is 6.25. The zero-order chi connectivity index (χ0) is 9.56. The molecule has 66 valence electrons. The van der Waals surface area contributed by atoms with Crippen molar-refractivity contribution in [2.45, 2.75) is 18.9 Å². The Morgan fingerprint density at radius 2 is 2.25 bits per heavy atom. The standard InChI is InChI=1S/C6H9N3O3/c7-5(6(11)12)2-1-4(10)3-9-8/h3,5H,1-2,7H2,(H,11,12). The van der Waals surface area contributed by atoms with Crippen LogP contribution in [-0.4, -0.2) is 28.8 Å². The lowest BCUT2D eigenvalue weighted by Gasteiger charge is -2.05. The zero-order valence-electron chi connectivity index (χ0n) is 6.40. The van der Waals surface area contributed by atoms with Gasteiger partial charge in [-0.15, -0.1) is 0 Å². The molecule has 0 aromatic rings. The first-order valence-corrected chi connectivity index (χ1v) is 3.32.